The van der Waals surface area contributed by atoms with Gasteiger partial charge in [-0.2, -0.15) is 13.2 Å². The summed E-state index contributed by atoms with van der Waals surface area (Å²) in [6, 6.07) is 4.51. The average Bonchev–Trinajstić information content (AvgIpc) is 3.17. The molecule has 0 aliphatic carbocycles. The first-order chi connectivity index (χ1) is 13.6. The Labute approximate surface area is 160 Å². The van der Waals surface area contributed by atoms with Gasteiger partial charge < -0.3 is 14.2 Å². The van der Waals surface area contributed by atoms with E-state index in [1.807, 2.05) is 0 Å². The van der Waals surface area contributed by atoms with Crippen molar-refractivity contribution in [1.29, 1.82) is 0 Å². The number of halogens is 3. The molecule has 0 spiro atoms. The lowest BCUT2D eigenvalue weighted by Gasteiger charge is -2.35. The van der Waals surface area contributed by atoms with Crippen LogP contribution in [0.15, 0.2) is 34.7 Å². The van der Waals surface area contributed by atoms with Crippen molar-refractivity contribution in [2.24, 2.45) is 0 Å². The number of piperazine rings is 1. The lowest BCUT2D eigenvalue weighted by Crippen LogP contribution is -2.48. The SMILES string of the molecule is O=C(c1ccc([N+](=O)[O-])o1)N1CCN(c2ccc(C(F)(F)F)cc2[N+](=O)[O-])CC1. The van der Waals surface area contributed by atoms with Crippen LogP contribution >= 0.6 is 0 Å². The van der Waals surface area contributed by atoms with E-state index in [2.05, 4.69) is 0 Å². The Balaban J connectivity index is 1.74. The van der Waals surface area contributed by atoms with E-state index in [9.17, 15) is 38.2 Å². The van der Waals surface area contributed by atoms with Crippen molar-refractivity contribution in [3.63, 3.8) is 0 Å². The number of hydrogen-bond acceptors (Lipinski definition) is 7. The van der Waals surface area contributed by atoms with E-state index in [-0.39, 0.29) is 37.6 Å². The summed E-state index contributed by atoms with van der Waals surface area (Å²) >= 11 is 0. The van der Waals surface area contributed by atoms with E-state index < -0.39 is 39.1 Å². The molecule has 3 rings (SSSR count). The summed E-state index contributed by atoms with van der Waals surface area (Å²) in [5.41, 5.74) is -1.79. The van der Waals surface area contributed by atoms with Crippen molar-refractivity contribution in [2.45, 2.75) is 6.18 Å². The van der Waals surface area contributed by atoms with E-state index in [4.69, 9.17) is 4.42 Å². The molecule has 1 aliphatic rings. The summed E-state index contributed by atoms with van der Waals surface area (Å²) in [7, 11) is 0. The van der Waals surface area contributed by atoms with E-state index in [1.54, 1.807) is 0 Å². The third-order valence-electron chi connectivity index (χ3n) is 4.39. The predicted octanol–water partition coefficient (Wildman–Crippen LogP) is 3.08. The second-order valence-electron chi connectivity index (χ2n) is 6.13. The number of rotatable bonds is 4. The van der Waals surface area contributed by atoms with Gasteiger partial charge in [-0.15, -0.1) is 0 Å². The number of alkyl halides is 3. The van der Waals surface area contributed by atoms with Gasteiger partial charge in [-0.1, -0.05) is 0 Å². The molecule has 1 fully saturated rings. The van der Waals surface area contributed by atoms with Gasteiger partial charge >= 0.3 is 12.1 Å². The normalized spacial score (nSPS) is 14.7. The van der Waals surface area contributed by atoms with Crippen LogP contribution in [-0.4, -0.2) is 46.8 Å². The zero-order valence-electron chi connectivity index (χ0n) is 14.6. The number of benzene rings is 1. The molecule has 1 aliphatic heterocycles. The van der Waals surface area contributed by atoms with Crippen LogP contribution in [0.2, 0.25) is 0 Å². The maximum Gasteiger partial charge on any atom is 0.433 e. The number of nitrogens with zero attached hydrogens (tertiary/aromatic N) is 4. The highest BCUT2D eigenvalue weighted by molar-refractivity contribution is 5.92. The van der Waals surface area contributed by atoms with E-state index in [1.165, 1.54) is 15.9 Å². The van der Waals surface area contributed by atoms with Gasteiger partial charge in [-0.25, -0.2) is 0 Å². The van der Waals surface area contributed by atoms with Gasteiger partial charge in [0, 0.05) is 32.2 Å². The minimum absolute atomic E-state index is 0.0173. The third kappa shape index (κ3) is 4.12. The van der Waals surface area contributed by atoms with Crippen LogP contribution in [0, 0.1) is 20.2 Å². The number of carbonyl (C=O) groups is 1. The topological polar surface area (TPSA) is 123 Å². The Morgan fingerprint density at radius 3 is 2.17 bits per heavy atom. The molecule has 0 bridgehead atoms. The number of carbonyl (C=O) groups excluding carboxylic acids is 1. The Morgan fingerprint density at radius 2 is 1.66 bits per heavy atom. The second-order valence-corrected chi connectivity index (χ2v) is 6.13. The highest BCUT2D eigenvalue weighted by Crippen LogP contribution is 2.36. The Kier molecular flexibility index (Phi) is 5.14. The standard InChI is InChI=1S/C16H13F3N4O6/c17-16(18,19)10-1-2-11(12(9-10)22(25)26)20-5-7-21(8-6-20)15(24)13-3-4-14(29-13)23(27)28/h1-4,9H,5-8H2. The minimum atomic E-state index is -4.71. The summed E-state index contributed by atoms with van der Waals surface area (Å²) in [6.07, 6.45) is -4.71. The van der Waals surface area contributed by atoms with E-state index >= 15 is 0 Å². The number of hydrogen-bond donors (Lipinski definition) is 0. The molecule has 0 N–H and O–H groups in total. The Bertz CT molecular complexity index is 966. The Hall–Kier alpha value is -3.64. The molecule has 0 saturated carbocycles. The van der Waals surface area contributed by atoms with Gasteiger partial charge in [-0.3, -0.25) is 25.0 Å². The van der Waals surface area contributed by atoms with Crippen LogP contribution in [0.25, 0.3) is 0 Å². The molecular formula is C16H13F3N4O6. The van der Waals surface area contributed by atoms with E-state index in [0.717, 1.165) is 18.2 Å². The van der Waals surface area contributed by atoms with Gasteiger partial charge in [0.2, 0.25) is 0 Å². The van der Waals surface area contributed by atoms with Crippen molar-refractivity contribution in [2.75, 3.05) is 31.1 Å². The molecule has 154 valence electrons. The number of nitro groups is 2. The molecule has 0 unspecified atom stereocenters. The lowest BCUT2D eigenvalue weighted by molar-refractivity contribution is -0.402. The van der Waals surface area contributed by atoms with Crippen LogP contribution in [0.5, 0.6) is 0 Å². The molecule has 13 heteroatoms. The fourth-order valence-corrected chi connectivity index (χ4v) is 2.96. The molecule has 2 heterocycles. The van der Waals surface area contributed by atoms with Crippen molar-refractivity contribution in [3.05, 3.63) is 61.9 Å². The number of nitro benzene ring substituents is 1. The lowest BCUT2D eigenvalue weighted by atomic mass is 10.1. The first-order valence-electron chi connectivity index (χ1n) is 8.22. The summed E-state index contributed by atoms with van der Waals surface area (Å²) in [4.78, 5) is 35.4. The first kappa shape index (κ1) is 20.1. The van der Waals surface area contributed by atoms with Crippen LogP contribution in [0.3, 0.4) is 0 Å². The molecule has 1 aromatic heterocycles. The largest absolute Gasteiger partial charge is 0.433 e. The van der Waals surface area contributed by atoms with Crippen LogP contribution < -0.4 is 4.90 Å². The third-order valence-corrected chi connectivity index (χ3v) is 4.39. The maximum absolute atomic E-state index is 12.8. The van der Waals surface area contributed by atoms with Crippen LogP contribution in [-0.2, 0) is 6.18 Å². The van der Waals surface area contributed by atoms with Crippen molar-refractivity contribution >= 4 is 23.2 Å². The quantitative estimate of drug-likeness (QED) is 0.556. The fourth-order valence-electron chi connectivity index (χ4n) is 2.96. The summed E-state index contributed by atoms with van der Waals surface area (Å²) in [5, 5.41) is 21.9. The van der Waals surface area contributed by atoms with Gasteiger partial charge in [0.15, 0.2) is 5.76 Å². The summed E-state index contributed by atoms with van der Waals surface area (Å²) in [5.74, 6) is -1.38. The van der Waals surface area contributed by atoms with Crippen LogP contribution in [0.4, 0.5) is 30.4 Å². The van der Waals surface area contributed by atoms with E-state index in [0.29, 0.717) is 6.07 Å². The number of amides is 1. The fraction of sp³-hybridized carbons (Fsp3) is 0.312. The molecule has 10 nitrogen and oxygen atoms in total. The van der Waals surface area contributed by atoms with Gasteiger partial charge in [0.25, 0.3) is 11.6 Å². The second kappa shape index (κ2) is 7.41. The zero-order valence-corrected chi connectivity index (χ0v) is 14.6. The number of furan rings is 1. The van der Waals surface area contributed by atoms with Gasteiger partial charge in [0.05, 0.1) is 16.6 Å². The van der Waals surface area contributed by atoms with Gasteiger partial charge in [-0.05, 0) is 18.2 Å². The minimum Gasteiger partial charge on any atom is -0.395 e. The highest BCUT2D eigenvalue weighted by atomic mass is 19.4. The molecule has 1 amide bonds. The molecular weight excluding hydrogens is 401 g/mol. The van der Waals surface area contributed by atoms with Crippen molar-refractivity contribution in [1.82, 2.24) is 4.90 Å². The summed E-state index contributed by atoms with van der Waals surface area (Å²) in [6.45, 7) is 0.457. The first-order valence-corrected chi connectivity index (χ1v) is 8.22. The van der Waals surface area contributed by atoms with Gasteiger partial charge in [0.1, 0.15) is 10.6 Å². The van der Waals surface area contributed by atoms with Crippen LogP contribution in [0.1, 0.15) is 16.1 Å². The predicted molar refractivity (Wildman–Crippen MR) is 91.6 cm³/mol. The highest BCUT2D eigenvalue weighted by Gasteiger charge is 2.34. The molecule has 0 atom stereocenters. The molecule has 0 radical (unpaired) electrons. The van der Waals surface area contributed by atoms with Crippen molar-refractivity contribution in [3.8, 4) is 0 Å². The monoisotopic (exact) mass is 414 g/mol. The molecule has 1 aromatic carbocycles. The summed E-state index contributed by atoms with van der Waals surface area (Å²) < 4.78 is 43.3. The number of anilines is 1. The molecule has 1 saturated heterocycles. The smallest absolute Gasteiger partial charge is 0.395 e. The zero-order chi connectivity index (χ0) is 21.3. The molecule has 29 heavy (non-hydrogen) atoms. The Morgan fingerprint density at radius 1 is 1.00 bits per heavy atom. The van der Waals surface area contributed by atoms with Crippen molar-refractivity contribution < 1.29 is 32.2 Å². The molecule has 2 aromatic rings. The maximum atomic E-state index is 12.8. The average molecular weight is 414 g/mol.